The van der Waals surface area contributed by atoms with Crippen LogP contribution >= 0.6 is 11.3 Å². The number of hydrogen-bond donors (Lipinski definition) is 0. The summed E-state index contributed by atoms with van der Waals surface area (Å²) in [5.41, 5.74) is 3.39. The van der Waals surface area contributed by atoms with Gasteiger partial charge in [0, 0.05) is 38.0 Å². The van der Waals surface area contributed by atoms with Crippen LogP contribution in [0.5, 0.6) is 0 Å². The second-order valence-corrected chi connectivity index (χ2v) is 10.9. The Hall–Kier alpha value is -2.43. The molecular formula is C23H24F3N3O2S2. The van der Waals surface area contributed by atoms with Crippen LogP contribution in [0.15, 0.2) is 52.7 Å². The number of anilines is 1. The van der Waals surface area contributed by atoms with E-state index in [4.69, 9.17) is 4.98 Å². The molecular weight excluding hydrogens is 471 g/mol. The van der Waals surface area contributed by atoms with Crippen molar-refractivity contribution >= 4 is 26.5 Å². The van der Waals surface area contributed by atoms with Gasteiger partial charge in [-0.05, 0) is 31.5 Å². The predicted molar refractivity (Wildman–Crippen MR) is 123 cm³/mol. The standard InChI is InChI=1S/C23H24F3N3O2S2/c1-16-11-17(2)13-18(12-16)14-19-15-32-22(27-19)28-7-9-29(10-8-28)33(30,31)21-6-4-3-5-20(21)23(24,25)26/h3-6,11-13,15H,7-10,14H2,1-2H3. The quantitative estimate of drug-likeness (QED) is 0.506. The van der Waals surface area contributed by atoms with Gasteiger partial charge in [0.1, 0.15) is 0 Å². The number of piperazine rings is 1. The van der Waals surface area contributed by atoms with Gasteiger partial charge in [0.25, 0.3) is 0 Å². The Labute approximate surface area is 195 Å². The molecule has 1 aliphatic rings. The number of sulfonamides is 1. The van der Waals surface area contributed by atoms with Gasteiger partial charge >= 0.3 is 6.18 Å². The normalized spacial score (nSPS) is 15.7. The number of nitrogens with zero attached hydrogens (tertiary/aromatic N) is 3. The summed E-state index contributed by atoms with van der Waals surface area (Å²) in [6.07, 6.45) is -4.03. The first kappa shape index (κ1) is 23.7. The number of halogens is 3. The molecule has 1 aliphatic heterocycles. The van der Waals surface area contributed by atoms with Crippen LogP contribution in [0.3, 0.4) is 0 Å². The molecule has 0 radical (unpaired) electrons. The van der Waals surface area contributed by atoms with Crippen molar-refractivity contribution in [3.05, 3.63) is 75.8 Å². The lowest BCUT2D eigenvalue weighted by molar-refractivity contribution is -0.139. The van der Waals surface area contributed by atoms with Crippen molar-refractivity contribution in [2.24, 2.45) is 0 Å². The third-order valence-electron chi connectivity index (χ3n) is 5.53. The SMILES string of the molecule is Cc1cc(C)cc(Cc2csc(N3CCN(S(=O)(=O)c4ccccc4C(F)(F)F)CC3)n2)c1. The molecule has 1 saturated heterocycles. The van der Waals surface area contributed by atoms with Gasteiger partial charge in [-0.15, -0.1) is 11.3 Å². The molecule has 1 aromatic heterocycles. The van der Waals surface area contributed by atoms with Gasteiger partial charge < -0.3 is 4.90 Å². The molecule has 176 valence electrons. The Bertz CT molecular complexity index is 1230. The average Bonchev–Trinajstić information content (AvgIpc) is 3.21. The summed E-state index contributed by atoms with van der Waals surface area (Å²) < 4.78 is 67.0. The minimum absolute atomic E-state index is 0.0977. The highest BCUT2D eigenvalue weighted by Gasteiger charge is 2.39. The van der Waals surface area contributed by atoms with Crippen LogP contribution < -0.4 is 4.90 Å². The lowest BCUT2D eigenvalue weighted by atomic mass is 10.0. The molecule has 2 aromatic carbocycles. The summed E-state index contributed by atoms with van der Waals surface area (Å²) in [5.74, 6) is 0. The molecule has 0 unspecified atom stereocenters. The van der Waals surface area contributed by atoms with Crippen LogP contribution in [0, 0.1) is 13.8 Å². The fourth-order valence-corrected chi connectivity index (χ4v) is 6.60. The molecule has 10 heteroatoms. The van der Waals surface area contributed by atoms with Crippen LogP contribution in [-0.2, 0) is 22.6 Å². The molecule has 0 saturated carbocycles. The number of alkyl halides is 3. The van der Waals surface area contributed by atoms with Gasteiger partial charge in [-0.2, -0.15) is 17.5 Å². The molecule has 5 nitrogen and oxygen atoms in total. The number of hydrogen-bond acceptors (Lipinski definition) is 5. The molecule has 0 amide bonds. The predicted octanol–water partition coefficient (Wildman–Crippen LogP) is 4.88. The van der Waals surface area contributed by atoms with Gasteiger partial charge in [0.2, 0.25) is 10.0 Å². The minimum atomic E-state index is -4.74. The molecule has 0 N–H and O–H groups in total. The van der Waals surface area contributed by atoms with Gasteiger partial charge in [-0.25, -0.2) is 13.4 Å². The zero-order chi connectivity index (χ0) is 23.8. The van der Waals surface area contributed by atoms with E-state index in [1.807, 2.05) is 10.3 Å². The highest BCUT2D eigenvalue weighted by molar-refractivity contribution is 7.89. The lowest BCUT2D eigenvalue weighted by Crippen LogP contribution is -2.49. The van der Waals surface area contributed by atoms with Gasteiger partial charge in [0.15, 0.2) is 5.13 Å². The fourth-order valence-electron chi connectivity index (χ4n) is 4.09. The summed E-state index contributed by atoms with van der Waals surface area (Å²) in [6, 6.07) is 10.7. The third-order valence-corrected chi connectivity index (χ3v) is 8.43. The van der Waals surface area contributed by atoms with Crippen molar-refractivity contribution in [2.75, 3.05) is 31.1 Å². The minimum Gasteiger partial charge on any atom is -0.345 e. The highest BCUT2D eigenvalue weighted by atomic mass is 32.2. The average molecular weight is 496 g/mol. The Morgan fingerprint density at radius 1 is 1.00 bits per heavy atom. The first-order valence-electron chi connectivity index (χ1n) is 10.5. The summed E-state index contributed by atoms with van der Waals surface area (Å²) in [6.45, 7) is 5.04. The van der Waals surface area contributed by atoms with E-state index >= 15 is 0 Å². The first-order chi connectivity index (χ1) is 15.5. The Balaban J connectivity index is 1.45. The molecule has 0 atom stereocenters. The number of rotatable bonds is 5. The fraction of sp³-hybridized carbons (Fsp3) is 0.348. The van der Waals surface area contributed by atoms with Crippen molar-refractivity contribution < 1.29 is 21.6 Å². The largest absolute Gasteiger partial charge is 0.417 e. The van der Waals surface area contributed by atoms with E-state index in [0.29, 0.717) is 19.5 Å². The van der Waals surface area contributed by atoms with Gasteiger partial charge in [-0.1, -0.05) is 41.5 Å². The third kappa shape index (κ3) is 5.23. The highest BCUT2D eigenvalue weighted by Crippen LogP contribution is 2.35. The molecule has 33 heavy (non-hydrogen) atoms. The van der Waals surface area contributed by atoms with E-state index in [0.717, 1.165) is 27.3 Å². The second-order valence-electron chi connectivity index (χ2n) is 8.18. The summed E-state index contributed by atoms with van der Waals surface area (Å²) >= 11 is 1.49. The van der Waals surface area contributed by atoms with Crippen molar-refractivity contribution in [2.45, 2.75) is 31.3 Å². The van der Waals surface area contributed by atoms with Gasteiger partial charge in [0.05, 0.1) is 16.2 Å². The van der Waals surface area contributed by atoms with E-state index < -0.39 is 26.7 Å². The van der Waals surface area contributed by atoms with Gasteiger partial charge in [-0.3, -0.25) is 0 Å². The van der Waals surface area contributed by atoms with Crippen molar-refractivity contribution in [3.8, 4) is 0 Å². The monoisotopic (exact) mass is 495 g/mol. The van der Waals surface area contributed by atoms with E-state index in [-0.39, 0.29) is 13.1 Å². The van der Waals surface area contributed by atoms with Crippen LogP contribution in [-0.4, -0.2) is 43.9 Å². The van der Waals surface area contributed by atoms with E-state index in [1.165, 1.54) is 40.2 Å². The molecule has 0 spiro atoms. The molecule has 3 aromatic rings. The van der Waals surface area contributed by atoms with Crippen LogP contribution in [0.2, 0.25) is 0 Å². The number of benzene rings is 2. The lowest BCUT2D eigenvalue weighted by Gasteiger charge is -2.34. The van der Waals surface area contributed by atoms with Crippen LogP contribution in [0.1, 0.15) is 27.9 Å². The summed E-state index contributed by atoms with van der Waals surface area (Å²) in [4.78, 5) is 5.99. The van der Waals surface area contributed by atoms with Crippen molar-refractivity contribution in [3.63, 3.8) is 0 Å². The number of thiazole rings is 1. The maximum Gasteiger partial charge on any atom is 0.417 e. The van der Waals surface area contributed by atoms with Crippen LogP contribution in [0.25, 0.3) is 0 Å². The van der Waals surface area contributed by atoms with E-state index in [2.05, 4.69) is 32.0 Å². The Morgan fingerprint density at radius 3 is 2.27 bits per heavy atom. The molecule has 0 bridgehead atoms. The number of aryl methyl sites for hydroxylation is 2. The Kier molecular flexibility index (Phi) is 6.52. The van der Waals surface area contributed by atoms with E-state index in [1.54, 1.807) is 0 Å². The summed E-state index contributed by atoms with van der Waals surface area (Å²) in [5, 5.41) is 2.79. The first-order valence-corrected chi connectivity index (χ1v) is 12.8. The zero-order valence-corrected chi connectivity index (χ0v) is 19.9. The van der Waals surface area contributed by atoms with Crippen molar-refractivity contribution in [1.29, 1.82) is 0 Å². The smallest absolute Gasteiger partial charge is 0.345 e. The maximum atomic E-state index is 13.3. The second kappa shape index (κ2) is 9.08. The molecule has 2 heterocycles. The zero-order valence-electron chi connectivity index (χ0n) is 18.3. The molecule has 0 aliphatic carbocycles. The summed E-state index contributed by atoms with van der Waals surface area (Å²) in [7, 11) is -4.26. The number of aromatic nitrogens is 1. The Morgan fingerprint density at radius 2 is 1.64 bits per heavy atom. The molecule has 1 fully saturated rings. The van der Waals surface area contributed by atoms with Crippen molar-refractivity contribution in [1.82, 2.24) is 9.29 Å². The van der Waals surface area contributed by atoms with E-state index in [9.17, 15) is 21.6 Å². The maximum absolute atomic E-state index is 13.3. The van der Waals surface area contributed by atoms with Crippen LogP contribution in [0.4, 0.5) is 18.3 Å². The topological polar surface area (TPSA) is 53.5 Å². The molecule has 4 rings (SSSR count).